The van der Waals surface area contributed by atoms with E-state index in [4.69, 9.17) is 16.3 Å². The second-order valence-corrected chi connectivity index (χ2v) is 4.08. The zero-order chi connectivity index (χ0) is 12.7. The predicted molar refractivity (Wildman–Crippen MR) is 68.5 cm³/mol. The lowest BCUT2D eigenvalue weighted by molar-refractivity contribution is -0.129. The minimum absolute atomic E-state index is 0.0483. The first-order valence-corrected chi connectivity index (χ1v) is 5.78. The van der Waals surface area contributed by atoms with Crippen molar-refractivity contribution in [2.24, 2.45) is 0 Å². The van der Waals surface area contributed by atoms with Gasteiger partial charge in [-0.05, 0) is 31.3 Å². The van der Waals surface area contributed by atoms with E-state index in [1.807, 2.05) is 0 Å². The molecule has 0 saturated carbocycles. The van der Waals surface area contributed by atoms with Gasteiger partial charge in [0.1, 0.15) is 12.4 Å². The second kappa shape index (κ2) is 7.14. The highest BCUT2D eigenvalue weighted by molar-refractivity contribution is 6.30. The number of ether oxygens (including phenoxy) is 1. The predicted octanol–water partition coefficient (Wildman–Crippen LogP) is 1.40. The molecule has 0 aliphatic heterocycles. The third-order valence-electron chi connectivity index (χ3n) is 2.26. The monoisotopic (exact) mass is 256 g/mol. The van der Waals surface area contributed by atoms with Crippen LogP contribution in [0.4, 0.5) is 0 Å². The Bertz CT molecular complexity index is 354. The molecular weight excluding hydrogens is 240 g/mol. The molecule has 0 saturated heterocycles. The van der Waals surface area contributed by atoms with Gasteiger partial charge in [0.25, 0.3) is 0 Å². The minimum atomic E-state index is 0.0483. The summed E-state index contributed by atoms with van der Waals surface area (Å²) in [5.74, 6) is 0.802. The summed E-state index contributed by atoms with van der Waals surface area (Å²) in [5, 5.41) is 3.50. The fraction of sp³-hybridized carbons (Fsp3) is 0.417. The van der Waals surface area contributed by atoms with E-state index in [0.717, 1.165) is 5.75 Å². The quantitative estimate of drug-likeness (QED) is 0.837. The summed E-state index contributed by atoms with van der Waals surface area (Å²) >= 11 is 5.76. The van der Waals surface area contributed by atoms with Gasteiger partial charge in [-0.1, -0.05) is 11.6 Å². The molecule has 0 unspecified atom stereocenters. The Labute approximate surface area is 107 Å². The topological polar surface area (TPSA) is 41.6 Å². The molecule has 0 aliphatic carbocycles. The molecule has 17 heavy (non-hydrogen) atoms. The van der Waals surface area contributed by atoms with Gasteiger partial charge in [-0.25, -0.2) is 0 Å². The fourth-order valence-corrected chi connectivity index (χ4v) is 1.37. The van der Waals surface area contributed by atoms with Crippen molar-refractivity contribution >= 4 is 17.5 Å². The molecule has 0 aromatic heterocycles. The fourth-order valence-electron chi connectivity index (χ4n) is 1.24. The van der Waals surface area contributed by atoms with E-state index >= 15 is 0 Å². The zero-order valence-electron chi connectivity index (χ0n) is 10.1. The summed E-state index contributed by atoms with van der Waals surface area (Å²) in [6.45, 7) is 1.37. The van der Waals surface area contributed by atoms with Crippen LogP contribution in [0.1, 0.15) is 0 Å². The van der Waals surface area contributed by atoms with E-state index in [1.54, 1.807) is 43.3 Å². The molecule has 0 atom stereocenters. The van der Waals surface area contributed by atoms with Crippen LogP contribution >= 0.6 is 11.6 Å². The highest BCUT2D eigenvalue weighted by Crippen LogP contribution is 2.15. The van der Waals surface area contributed by atoms with Crippen LogP contribution < -0.4 is 10.1 Å². The van der Waals surface area contributed by atoms with Crippen molar-refractivity contribution in [1.29, 1.82) is 0 Å². The molecule has 0 heterocycles. The van der Waals surface area contributed by atoms with E-state index in [2.05, 4.69) is 5.32 Å². The SMILES string of the molecule is CNCC(=O)N(C)CCOc1ccc(Cl)cc1. The molecule has 0 fully saturated rings. The van der Waals surface area contributed by atoms with E-state index in [-0.39, 0.29) is 5.91 Å². The normalized spacial score (nSPS) is 10.1. The number of amides is 1. The Morgan fingerprint density at radius 3 is 2.65 bits per heavy atom. The zero-order valence-corrected chi connectivity index (χ0v) is 10.8. The van der Waals surface area contributed by atoms with E-state index in [0.29, 0.717) is 24.7 Å². The Morgan fingerprint density at radius 1 is 1.41 bits per heavy atom. The van der Waals surface area contributed by atoms with Crippen LogP contribution in [0.25, 0.3) is 0 Å². The van der Waals surface area contributed by atoms with Crippen LogP contribution in [-0.2, 0) is 4.79 Å². The standard InChI is InChI=1S/C12H17ClN2O2/c1-14-9-12(16)15(2)7-8-17-11-5-3-10(13)4-6-11/h3-6,14H,7-9H2,1-2H3. The molecule has 1 rings (SSSR count). The van der Waals surface area contributed by atoms with Crippen LogP contribution in [0.15, 0.2) is 24.3 Å². The molecule has 5 heteroatoms. The lowest BCUT2D eigenvalue weighted by Crippen LogP contribution is -2.36. The molecular formula is C12H17ClN2O2. The highest BCUT2D eigenvalue weighted by atomic mass is 35.5. The summed E-state index contributed by atoms with van der Waals surface area (Å²) in [4.78, 5) is 13.1. The molecule has 1 aromatic rings. The molecule has 94 valence electrons. The first kappa shape index (κ1) is 13.8. The summed E-state index contributed by atoms with van der Waals surface area (Å²) in [5.41, 5.74) is 0. The molecule has 0 spiro atoms. The van der Waals surface area contributed by atoms with Crippen LogP contribution in [0.5, 0.6) is 5.75 Å². The lowest BCUT2D eigenvalue weighted by atomic mass is 10.3. The van der Waals surface area contributed by atoms with Crippen molar-refractivity contribution in [1.82, 2.24) is 10.2 Å². The number of hydrogen-bond acceptors (Lipinski definition) is 3. The Hall–Kier alpha value is -1.26. The Balaban J connectivity index is 2.27. The summed E-state index contributed by atoms with van der Waals surface area (Å²) in [6, 6.07) is 7.15. The van der Waals surface area contributed by atoms with Crippen molar-refractivity contribution in [2.75, 3.05) is 33.8 Å². The Morgan fingerprint density at radius 2 is 2.06 bits per heavy atom. The molecule has 1 amide bonds. The number of benzene rings is 1. The van der Waals surface area contributed by atoms with E-state index < -0.39 is 0 Å². The van der Waals surface area contributed by atoms with Crippen LogP contribution in [0, 0.1) is 0 Å². The first-order valence-electron chi connectivity index (χ1n) is 5.40. The largest absolute Gasteiger partial charge is 0.492 e. The van der Waals surface area contributed by atoms with Crippen LogP contribution in [0.2, 0.25) is 5.02 Å². The van der Waals surface area contributed by atoms with Crippen molar-refractivity contribution < 1.29 is 9.53 Å². The number of hydrogen-bond donors (Lipinski definition) is 1. The average molecular weight is 257 g/mol. The highest BCUT2D eigenvalue weighted by Gasteiger charge is 2.06. The maximum atomic E-state index is 11.4. The number of rotatable bonds is 6. The van der Waals surface area contributed by atoms with Gasteiger partial charge >= 0.3 is 0 Å². The molecule has 1 aromatic carbocycles. The third kappa shape index (κ3) is 5.06. The lowest BCUT2D eigenvalue weighted by Gasteiger charge is -2.17. The van der Waals surface area contributed by atoms with Crippen molar-refractivity contribution in [3.63, 3.8) is 0 Å². The third-order valence-corrected chi connectivity index (χ3v) is 2.51. The number of likely N-dealkylation sites (N-methyl/N-ethyl adjacent to an activating group) is 2. The molecule has 1 N–H and O–H groups in total. The molecule has 0 aliphatic rings. The second-order valence-electron chi connectivity index (χ2n) is 3.65. The first-order chi connectivity index (χ1) is 8.13. The van der Waals surface area contributed by atoms with Gasteiger partial charge in [-0.15, -0.1) is 0 Å². The van der Waals surface area contributed by atoms with Gasteiger partial charge < -0.3 is 15.0 Å². The van der Waals surface area contributed by atoms with Gasteiger partial charge in [0, 0.05) is 12.1 Å². The summed E-state index contributed by atoms with van der Waals surface area (Å²) < 4.78 is 5.49. The van der Waals surface area contributed by atoms with Gasteiger partial charge in [-0.2, -0.15) is 0 Å². The smallest absolute Gasteiger partial charge is 0.236 e. The molecule has 0 bridgehead atoms. The summed E-state index contributed by atoms with van der Waals surface area (Å²) in [6.07, 6.45) is 0. The maximum Gasteiger partial charge on any atom is 0.236 e. The summed E-state index contributed by atoms with van der Waals surface area (Å²) in [7, 11) is 3.50. The number of nitrogens with one attached hydrogen (secondary N) is 1. The van der Waals surface area contributed by atoms with E-state index in [9.17, 15) is 4.79 Å². The number of carbonyl (C=O) groups is 1. The van der Waals surface area contributed by atoms with Crippen LogP contribution in [0.3, 0.4) is 0 Å². The number of halogens is 1. The molecule has 0 radical (unpaired) electrons. The van der Waals surface area contributed by atoms with Crippen molar-refractivity contribution in [3.05, 3.63) is 29.3 Å². The van der Waals surface area contributed by atoms with Gasteiger partial charge in [0.15, 0.2) is 0 Å². The van der Waals surface area contributed by atoms with E-state index in [1.165, 1.54) is 0 Å². The number of carbonyl (C=O) groups excluding carboxylic acids is 1. The van der Waals surface area contributed by atoms with Gasteiger partial charge in [0.05, 0.1) is 13.1 Å². The minimum Gasteiger partial charge on any atom is -0.492 e. The van der Waals surface area contributed by atoms with Gasteiger partial charge in [-0.3, -0.25) is 4.79 Å². The average Bonchev–Trinajstić information content (AvgIpc) is 2.32. The van der Waals surface area contributed by atoms with Crippen molar-refractivity contribution in [2.45, 2.75) is 0 Å². The Kier molecular flexibility index (Phi) is 5.80. The van der Waals surface area contributed by atoms with Crippen LogP contribution in [-0.4, -0.2) is 44.6 Å². The number of nitrogens with zero attached hydrogens (tertiary/aromatic N) is 1. The molecule has 4 nitrogen and oxygen atoms in total. The van der Waals surface area contributed by atoms with Gasteiger partial charge in [0.2, 0.25) is 5.91 Å². The maximum absolute atomic E-state index is 11.4. The van der Waals surface area contributed by atoms with Crippen molar-refractivity contribution in [3.8, 4) is 5.75 Å².